The Morgan fingerprint density at radius 2 is 2.06 bits per heavy atom. The van der Waals surface area contributed by atoms with Crippen LogP contribution in [0.1, 0.15) is 49.5 Å². The lowest BCUT2D eigenvalue weighted by atomic mass is 10.1. The molecule has 0 spiro atoms. The number of piperidine rings is 1. The number of carboxylic acids is 1. The molecule has 0 aromatic carbocycles. The summed E-state index contributed by atoms with van der Waals surface area (Å²) in [5.41, 5.74) is 0.0625. The predicted octanol–water partition coefficient (Wildman–Crippen LogP) is 2.56. The van der Waals surface area contributed by atoms with Crippen LogP contribution in [-0.2, 0) is 6.42 Å². The van der Waals surface area contributed by atoms with Crippen molar-refractivity contribution in [3.63, 3.8) is 0 Å². The standard InChI is InChI=1S/C13H20N2O3/c1-9(2)8-10-14-11(13(16)17)12(18-10)15-6-4-3-5-7-15/h9H,3-8H2,1-2H3,(H,16,17). The van der Waals surface area contributed by atoms with E-state index in [0.717, 1.165) is 25.9 Å². The van der Waals surface area contributed by atoms with Gasteiger partial charge >= 0.3 is 5.97 Å². The minimum Gasteiger partial charge on any atom is -0.476 e. The molecule has 100 valence electrons. The van der Waals surface area contributed by atoms with Crippen molar-refractivity contribution in [1.82, 2.24) is 4.98 Å². The number of hydrogen-bond acceptors (Lipinski definition) is 4. The third-order valence-corrected chi connectivity index (χ3v) is 3.08. The van der Waals surface area contributed by atoms with Crippen molar-refractivity contribution < 1.29 is 14.3 Å². The first-order chi connectivity index (χ1) is 8.58. The van der Waals surface area contributed by atoms with Crippen molar-refractivity contribution >= 4 is 11.9 Å². The maximum Gasteiger partial charge on any atom is 0.360 e. The van der Waals surface area contributed by atoms with Crippen LogP contribution < -0.4 is 4.90 Å². The van der Waals surface area contributed by atoms with E-state index in [1.54, 1.807) is 0 Å². The lowest BCUT2D eigenvalue weighted by molar-refractivity contribution is 0.0691. The zero-order valence-electron chi connectivity index (χ0n) is 11.0. The summed E-state index contributed by atoms with van der Waals surface area (Å²) in [6.45, 7) is 5.84. The van der Waals surface area contributed by atoms with Crippen LogP contribution in [0.25, 0.3) is 0 Å². The van der Waals surface area contributed by atoms with Crippen molar-refractivity contribution in [2.75, 3.05) is 18.0 Å². The van der Waals surface area contributed by atoms with Crippen molar-refractivity contribution in [2.45, 2.75) is 39.5 Å². The van der Waals surface area contributed by atoms with Crippen LogP contribution in [0.3, 0.4) is 0 Å². The van der Waals surface area contributed by atoms with Gasteiger partial charge in [-0.1, -0.05) is 13.8 Å². The van der Waals surface area contributed by atoms with Gasteiger partial charge in [0.05, 0.1) is 0 Å². The molecule has 1 N–H and O–H groups in total. The summed E-state index contributed by atoms with van der Waals surface area (Å²) in [6.07, 6.45) is 4.04. The topological polar surface area (TPSA) is 66.6 Å². The van der Waals surface area contributed by atoms with Crippen LogP contribution in [-0.4, -0.2) is 29.1 Å². The summed E-state index contributed by atoms with van der Waals surface area (Å²) in [7, 11) is 0. The summed E-state index contributed by atoms with van der Waals surface area (Å²) < 4.78 is 5.66. The van der Waals surface area contributed by atoms with Gasteiger partial charge in [-0.25, -0.2) is 9.78 Å². The van der Waals surface area contributed by atoms with Gasteiger partial charge in [0, 0.05) is 19.5 Å². The summed E-state index contributed by atoms with van der Waals surface area (Å²) in [5.74, 6) is 0.370. The molecular weight excluding hydrogens is 232 g/mol. The van der Waals surface area contributed by atoms with Crippen LogP contribution in [0.2, 0.25) is 0 Å². The molecule has 0 unspecified atom stereocenters. The van der Waals surface area contributed by atoms with E-state index < -0.39 is 5.97 Å². The zero-order valence-corrected chi connectivity index (χ0v) is 11.0. The summed E-state index contributed by atoms with van der Waals surface area (Å²) in [5, 5.41) is 9.19. The van der Waals surface area contributed by atoms with Crippen molar-refractivity contribution in [2.24, 2.45) is 5.92 Å². The highest BCUT2D eigenvalue weighted by Gasteiger charge is 2.25. The molecule has 18 heavy (non-hydrogen) atoms. The van der Waals surface area contributed by atoms with E-state index >= 15 is 0 Å². The molecule has 0 radical (unpaired) electrons. The van der Waals surface area contributed by atoms with Crippen LogP contribution in [0.15, 0.2) is 4.42 Å². The Morgan fingerprint density at radius 1 is 1.39 bits per heavy atom. The fraction of sp³-hybridized carbons (Fsp3) is 0.692. The fourth-order valence-electron chi connectivity index (χ4n) is 2.24. The normalized spacial score (nSPS) is 16.3. The Morgan fingerprint density at radius 3 is 2.61 bits per heavy atom. The number of carbonyl (C=O) groups is 1. The van der Waals surface area contributed by atoms with Crippen molar-refractivity contribution in [3.8, 4) is 0 Å². The van der Waals surface area contributed by atoms with Crippen LogP contribution in [0.4, 0.5) is 5.88 Å². The molecule has 5 nitrogen and oxygen atoms in total. The second-order valence-corrected chi connectivity index (χ2v) is 5.21. The average Bonchev–Trinajstić information content (AvgIpc) is 2.73. The first kappa shape index (κ1) is 12.9. The van der Waals surface area contributed by atoms with Gasteiger partial charge in [0.15, 0.2) is 5.89 Å². The molecule has 1 aliphatic heterocycles. The number of aromatic carboxylic acids is 1. The molecular formula is C13H20N2O3. The first-order valence-corrected chi connectivity index (χ1v) is 6.56. The van der Waals surface area contributed by atoms with Crippen LogP contribution in [0.5, 0.6) is 0 Å². The highest BCUT2D eigenvalue weighted by Crippen LogP contribution is 2.26. The Labute approximate surface area is 107 Å². The summed E-state index contributed by atoms with van der Waals surface area (Å²) in [4.78, 5) is 17.3. The molecule has 1 fully saturated rings. The van der Waals surface area contributed by atoms with Crippen molar-refractivity contribution in [3.05, 3.63) is 11.6 Å². The van der Waals surface area contributed by atoms with E-state index in [0.29, 0.717) is 24.1 Å². The van der Waals surface area contributed by atoms with Gasteiger partial charge in [0.25, 0.3) is 0 Å². The van der Waals surface area contributed by atoms with E-state index in [9.17, 15) is 9.90 Å². The molecule has 0 aliphatic carbocycles. The smallest absolute Gasteiger partial charge is 0.360 e. The fourth-order valence-corrected chi connectivity index (χ4v) is 2.24. The van der Waals surface area contributed by atoms with Gasteiger partial charge in [-0.2, -0.15) is 0 Å². The molecule has 1 aliphatic rings. The number of hydrogen-bond donors (Lipinski definition) is 1. The Balaban J connectivity index is 2.25. The minimum atomic E-state index is -1.01. The molecule has 2 rings (SSSR count). The van der Waals surface area contributed by atoms with E-state index in [1.165, 1.54) is 6.42 Å². The number of oxazole rings is 1. The Bertz CT molecular complexity index is 420. The largest absolute Gasteiger partial charge is 0.476 e. The summed E-state index contributed by atoms with van der Waals surface area (Å²) in [6, 6.07) is 0. The first-order valence-electron chi connectivity index (χ1n) is 6.56. The van der Waals surface area contributed by atoms with E-state index in [-0.39, 0.29) is 5.69 Å². The average molecular weight is 252 g/mol. The molecule has 0 saturated carbocycles. The third-order valence-electron chi connectivity index (χ3n) is 3.08. The van der Waals surface area contributed by atoms with Gasteiger partial charge in [-0.15, -0.1) is 0 Å². The van der Waals surface area contributed by atoms with Crippen LogP contribution >= 0.6 is 0 Å². The maximum absolute atomic E-state index is 11.2. The Kier molecular flexibility index (Phi) is 3.89. The highest BCUT2D eigenvalue weighted by molar-refractivity contribution is 5.90. The third kappa shape index (κ3) is 2.83. The quantitative estimate of drug-likeness (QED) is 0.892. The molecule has 2 heterocycles. The molecule has 0 atom stereocenters. The maximum atomic E-state index is 11.2. The number of aromatic nitrogens is 1. The molecule has 1 saturated heterocycles. The SMILES string of the molecule is CC(C)Cc1nc(C(=O)O)c(N2CCCCC2)o1. The van der Waals surface area contributed by atoms with Gasteiger partial charge in [-0.05, 0) is 25.2 Å². The van der Waals surface area contributed by atoms with E-state index in [1.807, 2.05) is 4.90 Å². The zero-order chi connectivity index (χ0) is 13.1. The molecule has 0 bridgehead atoms. The van der Waals surface area contributed by atoms with E-state index in [2.05, 4.69) is 18.8 Å². The van der Waals surface area contributed by atoms with Crippen molar-refractivity contribution in [1.29, 1.82) is 0 Å². The highest BCUT2D eigenvalue weighted by atomic mass is 16.4. The van der Waals surface area contributed by atoms with Gasteiger partial charge in [0.1, 0.15) is 0 Å². The number of anilines is 1. The van der Waals surface area contributed by atoms with Crippen LogP contribution in [0, 0.1) is 5.92 Å². The lowest BCUT2D eigenvalue weighted by Crippen LogP contribution is -2.30. The molecule has 5 heteroatoms. The number of carboxylic acid groups (broad SMARTS) is 1. The molecule has 0 amide bonds. The predicted molar refractivity (Wildman–Crippen MR) is 68.1 cm³/mol. The lowest BCUT2D eigenvalue weighted by Gasteiger charge is -2.26. The molecule has 1 aromatic rings. The monoisotopic (exact) mass is 252 g/mol. The second kappa shape index (κ2) is 5.42. The van der Waals surface area contributed by atoms with Gasteiger partial charge in [-0.3, -0.25) is 0 Å². The number of rotatable bonds is 4. The summed E-state index contributed by atoms with van der Waals surface area (Å²) >= 11 is 0. The second-order valence-electron chi connectivity index (χ2n) is 5.21. The number of nitrogens with zero attached hydrogens (tertiary/aromatic N) is 2. The Hall–Kier alpha value is -1.52. The molecule has 1 aromatic heterocycles. The van der Waals surface area contributed by atoms with E-state index in [4.69, 9.17) is 4.42 Å². The van der Waals surface area contributed by atoms with Gasteiger partial charge in [0.2, 0.25) is 11.6 Å². The minimum absolute atomic E-state index is 0.0625. The van der Waals surface area contributed by atoms with Gasteiger partial charge < -0.3 is 14.4 Å².